The van der Waals surface area contributed by atoms with Crippen LogP contribution in [0.15, 0.2) is 315 Å². The van der Waals surface area contributed by atoms with E-state index in [0.29, 0.717) is 5.92 Å². The molecule has 0 saturated carbocycles. The summed E-state index contributed by atoms with van der Waals surface area (Å²) in [7, 11) is 0. The highest BCUT2D eigenvalue weighted by Crippen LogP contribution is 2.39. The van der Waals surface area contributed by atoms with Crippen molar-refractivity contribution in [1.82, 2.24) is 0 Å². The van der Waals surface area contributed by atoms with Crippen molar-refractivity contribution in [3.05, 3.63) is 332 Å². The van der Waals surface area contributed by atoms with Gasteiger partial charge in [-0.2, -0.15) is 0 Å². The highest BCUT2D eigenvalue weighted by molar-refractivity contribution is 5.82. The molecule has 0 aliphatic rings. The third kappa shape index (κ3) is 11.4. The van der Waals surface area contributed by atoms with Gasteiger partial charge in [0.15, 0.2) is 0 Å². The molecule has 12 aromatic carbocycles. The van der Waals surface area contributed by atoms with Crippen LogP contribution in [0.1, 0.15) is 29.0 Å². The summed E-state index contributed by atoms with van der Waals surface area (Å²) in [6.45, 7) is 0. The van der Waals surface area contributed by atoms with E-state index in [1.807, 2.05) is 0 Å². The number of nitrogens with zero attached hydrogens (tertiary/aromatic N) is 1. The zero-order valence-electron chi connectivity index (χ0n) is 43.2. The van der Waals surface area contributed by atoms with E-state index in [0.717, 1.165) is 36.3 Å². The number of rotatable bonds is 16. The second-order valence-electron chi connectivity index (χ2n) is 20.1. The lowest BCUT2D eigenvalue weighted by molar-refractivity contribution is 0.621. The van der Waals surface area contributed by atoms with Gasteiger partial charge in [-0.3, -0.25) is 0 Å². The maximum atomic E-state index is 2.35. The average molecular weight is 986 g/mol. The second kappa shape index (κ2) is 22.9. The van der Waals surface area contributed by atoms with Crippen LogP contribution in [0.25, 0.3) is 77.9 Å². The lowest BCUT2D eigenvalue weighted by Crippen LogP contribution is -2.09. The highest BCUT2D eigenvalue weighted by atomic mass is 15.1. The van der Waals surface area contributed by atoms with Crippen molar-refractivity contribution >= 4 is 17.1 Å². The van der Waals surface area contributed by atoms with Gasteiger partial charge < -0.3 is 4.90 Å². The summed E-state index contributed by atoms with van der Waals surface area (Å²) >= 11 is 0. The summed E-state index contributed by atoms with van der Waals surface area (Å²) in [6, 6.07) is 115. The Hall–Kier alpha value is -9.56. The van der Waals surface area contributed by atoms with Gasteiger partial charge >= 0.3 is 0 Å². The molecule has 0 radical (unpaired) electrons. The minimum absolute atomic E-state index is 0.394. The van der Waals surface area contributed by atoms with Crippen LogP contribution in [0, 0.1) is 0 Å². The normalized spacial score (nSPS) is 11.5. The van der Waals surface area contributed by atoms with Crippen LogP contribution in [0.5, 0.6) is 0 Å². The van der Waals surface area contributed by atoms with Gasteiger partial charge in [0.2, 0.25) is 0 Å². The maximum Gasteiger partial charge on any atom is 0.0462 e. The summed E-state index contributed by atoms with van der Waals surface area (Å²) in [4.78, 5) is 2.34. The minimum atomic E-state index is 0.394. The molecule has 0 N–H and O–H groups in total. The molecule has 0 spiro atoms. The van der Waals surface area contributed by atoms with Gasteiger partial charge in [0.25, 0.3) is 0 Å². The van der Waals surface area contributed by atoms with Crippen molar-refractivity contribution in [3.8, 4) is 77.9 Å². The van der Waals surface area contributed by atoms with E-state index >= 15 is 0 Å². The molecule has 0 bridgehead atoms. The number of hydrogen-bond donors (Lipinski definition) is 0. The first kappa shape index (κ1) is 48.4. The summed E-state index contributed by atoms with van der Waals surface area (Å²) in [5, 5.41) is 0. The van der Waals surface area contributed by atoms with E-state index in [2.05, 4.69) is 320 Å². The quantitative estimate of drug-likeness (QED) is 0.0932. The molecule has 12 rings (SSSR count). The summed E-state index contributed by atoms with van der Waals surface area (Å²) in [5.41, 5.74) is 24.5. The predicted octanol–water partition coefficient (Wildman–Crippen LogP) is 20.8. The first-order valence-electron chi connectivity index (χ1n) is 26.9. The molecule has 0 aliphatic carbocycles. The Labute approximate surface area is 454 Å². The van der Waals surface area contributed by atoms with E-state index in [9.17, 15) is 0 Å². The first-order chi connectivity index (χ1) is 38.1. The van der Waals surface area contributed by atoms with Crippen molar-refractivity contribution in [2.75, 3.05) is 4.90 Å². The van der Waals surface area contributed by atoms with E-state index in [4.69, 9.17) is 0 Å². The van der Waals surface area contributed by atoms with Crippen molar-refractivity contribution in [2.24, 2.45) is 0 Å². The van der Waals surface area contributed by atoms with E-state index in [1.54, 1.807) is 0 Å². The Kier molecular flexibility index (Phi) is 14.4. The summed E-state index contributed by atoms with van der Waals surface area (Å²) in [6.07, 6.45) is 3.08. The van der Waals surface area contributed by atoms with Crippen LogP contribution in [0.4, 0.5) is 17.1 Å². The molecule has 0 amide bonds. The van der Waals surface area contributed by atoms with Gasteiger partial charge in [0.05, 0.1) is 0 Å². The molecule has 368 valence electrons. The number of anilines is 3. The van der Waals surface area contributed by atoms with Gasteiger partial charge in [-0.05, 0) is 156 Å². The van der Waals surface area contributed by atoms with Gasteiger partial charge in [-0.1, -0.05) is 279 Å². The Bertz CT molecular complexity index is 3680. The fraction of sp³-hybridized carbons (Fsp3) is 0.0526. The van der Waals surface area contributed by atoms with Crippen LogP contribution in [-0.2, 0) is 12.8 Å². The lowest BCUT2D eigenvalue weighted by atomic mass is 9.86. The number of benzene rings is 12. The number of aryl methyl sites for hydroxylation is 1. The standard InChI is InChI=1S/C76H59N/c1-5-13-58(14-6-1)62-28-24-57(25-29-62)55-73(72-41-39-64(40-42-72)59-15-7-2-8-16-59)30-23-56-21-26-63(27-22-56)65-31-33-66(34-32-65)67-35-37-68(38-36-67)71-47-53-76(54-48-71)77(74-49-43-69(44-50-74)60-17-9-3-10-18-60)75-51-45-70(46-52-75)61-19-11-4-12-20-61/h1-22,24-29,31-54,73H,23,30,55H2. The van der Waals surface area contributed by atoms with Gasteiger partial charge in [-0.25, -0.2) is 0 Å². The zero-order chi connectivity index (χ0) is 51.6. The molecule has 1 atom stereocenters. The minimum Gasteiger partial charge on any atom is -0.311 e. The van der Waals surface area contributed by atoms with Crippen LogP contribution < -0.4 is 4.90 Å². The summed E-state index contributed by atoms with van der Waals surface area (Å²) < 4.78 is 0. The average Bonchev–Trinajstić information content (AvgIpc) is 3.52. The molecule has 1 nitrogen and oxygen atoms in total. The fourth-order valence-corrected chi connectivity index (χ4v) is 10.7. The Morgan fingerprint density at radius 3 is 0.714 bits per heavy atom. The highest BCUT2D eigenvalue weighted by Gasteiger charge is 2.16. The van der Waals surface area contributed by atoms with Crippen molar-refractivity contribution in [2.45, 2.75) is 25.2 Å². The monoisotopic (exact) mass is 985 g/mol. The smallest absolute Gasteiger partial charge is 0.0462 e. The van der Waals surface area contributed by atoms with E-state index < -0.39 is 0 Å². The Morgan fingerprint density at radius 1 is 0.208 bits per heavy atom. The lowest BCUT2D eigenvalue weighted by Gasteiger charge is -2.26. The van der Waals surface area contributed by atoms with Crippen molar-refractivity contribution in [3.63, 3.8) is 0 Å². The van der Waals surface area contributed by atoms with Crippen LogP contribution >= 0.6 is 0 Å². The maximum absolute atomic E-state index is 2.35. The third-order valence-electron chi connectivity index (χ3n) is 15.1. The van der Waals surface area contributed by atoms with Gasteiger partial charge in [0, 0.05) is 17.1 Å². The predicted molar refractivity (Wildman–Crippen MR) is 327 cm³/mol. The van der Waals surface area contributed by atoms with E-state index in [-0.39, 0.29) is 0 Å². The van der Waals surface area contributed by atoms with Crippen LogP contribution in [-0.4, -0.2) is 0 Å². The zero-order valence-corrected chi connectivity index (χ0v) is 43.2. The Morgan fingerprint density at radius 2 is 0.429 bits per heavy atom. The molecule has 1 unspecified atom stereocenters. The third-order valence-corrected chi connectivity index (χ3v) is 15.1. The Balaban J connectivity index is 0.715. The molecule has 0 saturated heterocycles. The molecule has 0 fully saturated rings. The topological polar surface area (TPSA) is 3.24 Å². The SMILES string of the molecule is c1ccc(-c2ccc(CC(CCc3ccc(-c4ccc(-c5ccc(-c6ccc(N(c7ccc(-c8ccccc8)cc7)c7ccc(-c8ccccc8)cc7)cc6)cc5)cc4)cc3)c3ccc(-c4ccccc4)cc3)cc2)cc1. The largest absolute Gasteiger partial charge is 0.311 e. The van der Waals surface area contributed by atoms with Gasteiger partial charge in [0.1, 0.15) is 0 Å². The molecule has 1 heteroatoms. The second-order valence-corrected chi connectivity index (χ2v) is 20.1. The van der Waals surface area contributed by atoms with Crippen molar-refractivity contribution in [1.29, 1.82) is 0 Å². The summed E-state index contributed by atoms with van der Waals surface area (Å²) in [5.74, 6) is 0.394. The molecule has 0 aromatic heterocycles. The molecular formula is C76H59N. The fourth-order valence-electron chi connectivity index (χ4n) is 10.7. The molecule has 0 heterocycles. The molecule has 0 aliphatic heterocycles. The van der Waals surface area contributed by atoms with Crippen LogP contribution in [0.3, 0.4) is 0 Å². The van der Waals surface area contributed by atoms with E-state index in [1.165, 1.54) is 94.6 Å². The first-order valence-corrected chi connectivity index (χ1v) is 26.9. The molecular weight excluding hydrogens is 927 g/mol. The number of hydrogen-bond acceptors (Lipinski definition) is 1. The molecule has 77 heavy (non-hydrogen) atoms. The molecule has 12 aromatic rings. The van der Waals surface area contributed by atoms with Crippen molar-refractivity contribution < 1.29 is 0 Å². The van der Waals surface area contributed by atoms with Crippen LogP contribution in [0.2, 0.25) is 0 Å². The van der Waals surface area contributed by atoms with Gasteiger partial charge in [-0.15, -0.1) is 0 Å².